The topological polar surface area (TPSA) is 12.9 Å². The number of benzene rings is 1. The highest BCUT2D eigenvalue weighted by Gasteiger charge is 2.00. The highest BCUT2D eigenvalue weighted by atomic mass is 14.7. The molecule has 1 aromatic carbocycles. The minimum absolute atomic E-state index is 1.13. The second-order valence-corrected chi connectivity index (χ2v) is 3.54. The lowest BCUT2D eigenvalue weighted by atomic mass is 10.1. The lowest BCUT2D eigenvalue weighted by Gasteiger charge is -2.04. The lowest BCUT2D eigenvalue weighted by molar-refractivity contribution is 1.19. The van der Waals surface area contributed by atoms with Crippen LogP contribution in [-0.2, 0) is 0 Å². The van der Waals surface area contributed by atoms with Gasteiger partial charge in [0.2, 0.25) is 0 Å². The SMILES string of the molecule is Cc1cc2cccc(C)c2nc1C. The van der Waals surface area contributed by atoms with Crippen molar-refractivity contribution < 1.29 is 0 Å². The van der Waals surface area contributed by atoms with Crippen molar-refractivity contribution in [2.24, 2.45) is 0 Å². The molecule has 0 amide bonds. The Kier molecular flexibility index (Phi) is 1.80. The molecule has 0 fully saturated rings. The maximum absolute atomic E-state index is 4.57. The average molecular weight is 171 g/mol. The molecule has 0 aliphatic carbocycles. The fraction of sp³-hybridized carbons (Fsp3) is 0.250. The second-order valence-electron chi connectivity index (χ2n) is 3.54. The molecule has 1 aromatic heterocycles. The smallest absolute Gasteiger partial charge is 0.0734 e. The molecule has 0 saturated heterocycles. The molecular formula is C12H13N. The van der Waals surface area contributed by atoms with E-state index in [4.69, 9.17) is 0 Å². The predicted octanol–water partition coefficient (Wildman–Crippen LogP) is 3.16. The Bertz CT molecular complexity index is 458. The molecule has 0 N–H and O–H groups in total. The summed E-state index contributed by atoms with van der Waals surface area (Å²) in [6, 6.07) is 8.49. The molecule has 0 aliphatic rings. The van der Waals surface area contributed by atoms with Gasteiger partial charge in [-0.05, 0) is 38.0 Å². The molecule has 0 atom stereocenters. The van der Waals surface area contributed by atoms with Crippen molar-refractivity contribution in [3.05, 3.63) is 41.1 Å². The van der Waals surface area contributed by atoms with Gasteiger partial charge in [-0.15, -0.1) is 0 Å². The monoisotopic (exact) mass is 171 g/mol. The molecule has 2 rings (SSSR count). The van der Waals surface area contributed by atoms with Gasteiger partial charge in [-0.3, -0.25) is 4.98 Å². The summed E-state index contributed by atoms with van der Waals surface area (Å²) in [5, 5.41) is 1.24. The number of aromatic nitrogens is 1. The zero-order chi connectivity index (χ0) is 9.42. The minimum Gasteiger partial charge on any atom is -0.253 e. The summed E-state index contributed by atoms with van der Waals surface area (Å²) in [6.45, 7) is 6.26. The van der Waals surface area contributed by atoms with E-state index in [0.717, 1.165) is 11.2 Å². The average Bonchev–Trinajstić information content (AvgIpc) is 2.09. The van der Waals surface area contributed by atoms with Crippen molar-refractivity contribution in [3.8, 4) is 0 Å². The highest BCUT2D eigenvalue weighted by molar-refractivity contribution is 5.82. The molecule has 1 nitrogen and oxygen atoms in total. The van der Waals surface area contributed by atoms with Crippen molar-refractivity contribution in [3.63, 3.8) is 0 Å². The van der Waals surface area contributed by atoms with Crippen molar-refractivity contribution in [1.82, 2.24) is 4.98 Å². The third-order valence-electron chi connectivity index (χ3n) is 2.49. The normalized spacial score (nSPS) is 10.7. The number of fused-ring (bicyclic) bond motifs is 1. The largest absolute Gasteiger partial charge is 0.253 e. The minimum atomic E-state index is 1.13. The summed E-state index contributed by atoms with van der Waals surface area (Å²) >= 11 is 0. The van der Waals surface area contributed by atoms with Crippen LogP contribution in [-0.4, -0.2) is 4.98 Å². The van der Waals surface area contributed by atoms with Gasteiger partial charge in [0.15, 0.2) is 0 Å². The van der Waals surface area contributed by atoms with Gasteiger partial charge in [-0.2, -0.15) is 0 Å². The Balaban J connectivity index is 2.89. The van der Waals surface area contributed by atoms with E-state index in [1.54, 1.807) is 0 Å². The van der Waals surface area contributed by atoms with E-state index in [1.807, 2.05) is 0 Å². The van der Waals surface area contributed by atoms with E-state index in [2.05, 4.69) is 50.0 Å². The highest BCUT2D eigenvalue weighted by Crippen LogP contribution is 2.18. The van der Waals surface area contributed by atoms with E-state index in [9.17, 15) is 0 Å². The molecule has 0 saturated carbocycles. The number of hydrogen-bond acceptors (Lipinski definition) is 1. The lowest BCUT2D eigenvalue weighted by Crippen LogP contribution is -1.89. The first kappa shape index (κ1) is 8.24. The molecule has 0 bridgehead atoms. The Labute approximate surface area is 78.4 Å². The predicted molar refractivity (Wildman–Crippen MR) is 56.0 cm³/mol. The number of rotatable bonds is 0. The molecule has 2 aromatic rings. The van der Waals surface area contributed by atoms with Crippen LogP contribution in [0.25, 0.3) is 10.9 Å². The van der Waals surface area contributed by atoms with Gasteiger partial charge in [0.1, 0.15) is 0 Å². The van der Waals surface area contributed by atoms with Crippen molar-refractivity contribution in [2.45, 2.75) is 20.8 Å². The first-order chi connectivity index (χ1) is 6.18. The van der Waals surface area contributed by atoms with E-state index < -0.39 is 0 Å². The number of para-hydroxylation sites is 1. The first-order valence-corrected chi connectivity index (χ1v) is 4.52. The molecule has 1 heteroatoms. The Morgan fingerprint density at radius 1 is 1.00 bits per heavy atom. The van der Waals surface area contributed by atoms with Gasteiger partial charge < -0.3 is 0 Å². The maximum atomic E-state index is 4.57. The van der Waals surface area contributed by atoms with E-state index in [1.165, 1.54) is 16.5 Å². The Morgan fingerprint density at radius 3 is 2.54 bits per heavy atom. The molecule has 0 aliphatic heterocycles. The van der Waals surface area contributed by atoms with Crippen LogP contribution in [0.5, 0.6) is 0 Å². The van der Waals surface area contributed by atoms with Gasteiger partial charge in [0.05, 0.1) is 5.52 Å². The molecule has 0 radical (unpaired) electrons. The standard InChI is InChI=1S/C12H13N/c1-8-5-4-6-11-7-9(2)10(3)13-12(8)11/h4-7H,1-3H3. The zero-order valence-electron chi connectivity index (χ0n) is 8.26. The summed E-state index contributed by atoms with van der Waals surface area (Å²) < 4.78 is 0. The fourth-order valence-electron chi connectivity index (χ4n) is 1.54. The van der Waals surface area contributed by atoms with E-state index in [-0.39, 0.29) is 0 Å². The van der Waals surface area contributed by atoms with Crippen LogP contribution in [0.2, 0.25) is 0 Å². The van der Waals surface area contributed by atoms with Gasteiger partial charge in [0, 0.05) is 11.1 Å². The van der Waals surface area contributed by atoms with Crippen LogP contribution in [0.3, 0.4) is 0 Å². The quantitative estimate of drug-likeness (QED) is 0.593. The third-order valence-corrected chi connectivity index (χ3v) is 2.49. The summed E-state index contributed by atoms with van der Waals surface area (Å²) in [6.07, 6.45) is 0. The number of nitrogens with zero attached hydrogens (tertiary/aromatic N) is 1. The summed E-state index contributed by atoms with van der Waals surface area (Å²) in [4.78, 5) is 4.57. The van der Waals surface area contributed by atoms with Gasteiger partial charge in [-0.1, -0.05) is 18.2 Å². The molecule has 0 spiro atoms. The summed E-state index contributed by atoms with van der Waals surface area (Å²) in [5.74, 6) is 0. The maximum Gasteiger partial charge on any atom is 0.0734 e. The van der Waals surface area contributed by atoms with Gasteiger partial charge in [-0.25, -0.2) is 0 Å². The van der Waals surface area contributed by atoms with Gasteiger partial charge in [0.25, 0.3) is 0 Å². The van der Waals surface area contributed by atoms with Crippen LogP contribution in [0, 0.1) is 20.8 Å². The van der Waals surface area contributed by atoms with Crippen molar-refractivity contribution >= 4 is 10.9 Å². The van der Waals surface area contributed by atoms with Crippen LogP contribution < -0.4 is 0 Å². The second kappa shape index (κ2) is 2.84. The van der Waals surface area contributed by atoms with Crippen LogP contribution in [0.4, 0.5) is 0 Å². The summed E-state index contributed by atoms with van der Waals surface area (Å²) in [7, 11) is 0. The Hall–Kier alpha value is -1.37. The first-order valence-electron chi connectivity index (χ1n) is 4.52. The molecule has 1 heterocycles. The third kappa shape index (κ3) is 1.31. The van der Waals surface area contributed by atoms with Crippen molar-refractivity contribution in [2.75, 3.05) is 0 Å². The molecule has 13 heavy (non-hydrogen) atoms. The molecular weight excluding hydrogens is 158 g/mol. The van der Waals surface area contributed by atoms with Gasteiger partial charge >= 0.3 is 0 Å². The summed E-state index contributed by atoms with van der Waals surface area (Å²) in [5.41, 5.74) is 4.77. The van der Waals surface area contributed by atoms with Crippen LogP contribution in [0.15, 0.2) is 24.3 Å². The molecule has 66 valence electrons. The van der Waals surface area contributed by atoms with Crippen LogP contribution in [0.1, 0.15) is 16.8 Å². The van der Waals surface area contributed by atoms with Crippen molar-refractivity contribution in [1.29, 1.82) is 0 Å². The number of hydrogen-bond donors (Lipinski definition) is 0. The number of pyridine rings is 1. The zero-order valence-corrected chi connectivity index (χ0v) is 8.26. The number of aryl methyl sites for hydroxylation is 3. The fourth-order valence-corrected chi connectivity index (χ4v) is 1.54. The Morgan fingerprint density at radius 2 is 1.77 bits per heavy atom. The van der Waals surface area contributed by atoms with Crippen LogP contribution >= 0.6 is 0 Å². The molecule has 0 unspecified atom stereocenters. The van der Waals surface area contributed by atoms with E-state index >= 15 is 0 Å². The van der Waals surface area contributed by atoms with E-state index in [0.29, 0.717) is 0 Å².